The van der Waals surface area contributed by atoms with Crippen LogP contribution in [0.1, 0.15) is 52.9 Å². The molecule has 0 aliphatic heterocycles. The van der Waals surface area contributed by atoms with Gasteiger partial charge in [-0.15, -0.1) is 0 Å². The molecule has 0 heterocycles. The van der Waals surface area contributed by atoms with Crippen molar-refractivity contribution in [2.75, 3.05) is 0 Å². The molecule has 8 heteroatoms. The number of halogens is 6. The number of ether oxygens (including phenoxy) is 1. The van der Waals surface area contributed by atoms with Gasteiger partial charge in [-0.3, -0.25) is 0 Å². The van der Waals surface area contributed by atoms with Crippen LogP contribution in [-0.2, 0) is 4.74 Å². The van der Waals surface area contributed by atoms with Gasteiger partial charge in [0.05, 0.1) is 5.76 Å². The molecule has 0 radical (unpaired) electrons. The maximum atomic E-state index is 13.0. The molecule has 2 rings (SSSR count). The van der Waals surface area contributed by atoms with Crippen molar-refractivity contribution in [2.24, 2.45) is 17.8 Å². The Bertz CT molecular complexity index is 510. The highest BCUT2D eigenvalue weighted by atomic mass is 19.4. The van der Waals surface area contributed by atoms with E-state index in [2.05, 4.69) is 0 Å². The summed E-state index contributed by atoms with van der Waals surface area (Å²) < 4.78 is 83.7. The maximum absolute atomic E-state index is 13.0. The minimum atomic E-state index is -5.75. The summed E-state index contributed by atoms with van der Waals surface area (Å²) in [5, 5.41) is 9.49. The summed E-state index contributed by atoms with van der Waals surface area (Å²) in [4.78, 5) is 0. The Labute approximate surface area is 143 Å². The minimum absolute atomic E-state index is 0.0177. The fraction of sp³-hybridized carbons (Fsp3) is 0.882. The van der Waals surface area contributed by atoms with Crippen molar-refractivity contribution in [1.82, 2.24) is 0 Å². The van der Waals surface area contributed by atoms with Crippen LogP contribution < -0.4 is 0 Å². The van der Waals surface area contributed by atoms with Crippen LogP contribution in [0, 0.1) is 17.8 Å². The predicted octanol–water partition coefficient (Wildman–Crippen LogP) is 5.37. The second kappa shape index (κ2) is 6.35. The molecule has 2 saturated carbocycles. The average Bonchev–Trinajstić information content (AvgIpc) is 2.70. The van der Waals surface area contributed by atoms with E-state index in [0.29, 0.717) is 25.0 Å². The topological polar surface area (TPSA) is 29.5 Å². The fourth-order valence-corrected chi connectivity index (χ4v) is 4.56. The zero-order valence-electron chi connectivity index (χ0n) is 14.5. The molecule has 2 fully saturated rings. The van der Waals surface area contributed by atoms with Gasteiger partial charge in [-0.1, -0.05) is 0 Å². The van der Waals surface area contributed by atoms with E-state index in [1.54, 1.807) is 19.9 Å². The Morgan fingerprint density at radius 2 is 1.68 bits per heavy atom. The predicted molar refractivity (Wildman–Crippen MR) is 79.5 cm³/mol. The molecule has 0 aromatic heterocycles. The van der Waals surface area contributed by atoms with Gasteiger partial charge in [0.15, 0.2) is 0 Å². The number of fused-ring (bicyclic) bond motifs is 2. The first-order valence-corrected chi connectivity index (χ1v) is 8.38. The summed E-state index contributed by atoms with van der Waals surface area (Å²) in [6.07, 6.45) is -9.22. The van der Waals surface area contributed by atoms with E-state index in [4.69, 9.17) is 4.74 Å². The monoisotopic (exact) mass is 374 g/mol. The van der Waals surface area contributed by atoms with Gasteiger partial charge in [-0.05, 0) is 76.7 Å². The van der Waals surface area contributed by atoms with E-state index in [1.165, 1.54) is 0 Å². The van der Waals surface area contributed by atoms with Gasteiger partial charge in [0.2, 0.25) is 0 Å². The normalized spacial score (nSPS) is 34.3. The number of allylic oxidation sites excluding steroid dienone is 2. The lowest BCUT2D eigenvalue weighted by atomic mass is 9.75. The molecule has 0 aromatic rings. The van der Waals surface area contributed by atoms with Crippen LogP contribution in [-0.4, -0.2) is 28.7 Å². The summed E-state index contributed by atoms with van der Waals surface area (Å²) in [5.74, 6) is -0.439. The van der Waals surface area contributed by atoms with Crippen molar-refractivity contribution in [1.29, 1.82) is 0 Å². The van der Waals surface area contributed by atoms with Crippen LogP contribution in [0.2, 0.25) is 0 Å². The summed E-state index contributed by atoms with van der Waals surface area (Å²) in [5.41, 5.74) is -5.24. The van der Waals surface area contributed by atoms with Gasteiger partial charge in [0.25, 0.3) is 5.60 Å². The number of hydrogen-bond acceptors (Lipinski definition) is 2. The molecule has 0 spiro atoms. The Kier molecular flexibility index (Phi) is 5.18. The number of aliphatic hydroxyl groups is 1. The lowest BCUT2D eigenvalue weighted by Gasteiger charge is -2.40. The first kappa shape index (κ1) is 20.4. The lowest BCUT2D eigenvalue weighted by Crippen LogP contribution is -2.58. The summed E-state index contributed by atoms with van der Waals surface area (Å²) in [7, 11) is 0. The smallest absolute Gasteiger partial charge is 0.426 e. The zero-order valence-corrected chi connectivity index (χ0v) is 14.5. The van der Waals surface area contributed by atoms with Crippen LogP contribution in [0.15, 0.2) is 11.8 Å². The van der Waals surface area contributed by atoms with Crippen molar-refractivity contribution in [3.8, 4) is 0 Å². The van der Waals surface area contributed by atoms with Gasteiger partial charge >= 0.3 is 12.4 Å². The highest BCUT2D eigenvalue weighted by Crippen LogP contribution is 2.56. The molecule has 2 aliphatic rings. The molecule has 0 saturated heterocycles. The molecular weight excluding hydrogens is 350 g/mol. The van der Waals surface area contributed by atoms with Crippen molar-refractivity contribution in [2.45, 2.75) is 76.4 Å². The molecule has 146 valence electrons. The Balaban J connectivity index is 2.18. The van der Waals surface area contributed by atoms with Gasteiger partial charge in [-0.2, -0.15) is 26.3 Å². The van der Waals surface area contributed by atoms with Crippen molar-refractivity contribution < 1.29 is 36.2 Å². The van der Waals surface area contributed by atoms with E-state index < -0.39 is 35.9 Å². The molecule has 2 aliphatic carbocycles. The molecule has 4 atom stereocenters. The van der Waals surface area contributed by atoms with Crippen LogP contribution in [0.4, 0.5) is 26.3 Å². The van der Waals surface area contributed by atoms with Gasteiger partial charge < -0.3 is 9.84 Å². The molecular formula is C17H24F6O2. The number of rotatable bonds is 4. The third-order valence-electron chi connectivity index (χ3n) is 5.66. The van der Waals surface area contributed by atoms with Crippen molar-refractivity contribution in [3.63, 3.8) is 0 Å². The Morgan fingerprint density at radius 1 is 1.12 bits per heavy atom. The molecule has 0 aromatic carbocycles. The molecule has 2 nitrogen and oxygen atoms in total. The zero-order chi connectivity index (χ0) is 19.3. The van der Waals surface area contributed by atoms with Gasteiger partial charge in [0, 0.05) is 0 Å². The van der Waals surface area contributed by atoms with E-state index in [0.717, 1.165) is 0 Å². The largest absolute Gasteiger partial charge is 0.493 e. The van der Waals surface area contributed by atoms with E-state index >= 15 is 0 Å². The average molecular weight is 374 g/mol. The third kappa shape index (κ3) is 3.93. The first-order chi connectivity index (χ1) is 11.2. The second-order valence-electron chi connectivity index (χ2n) is 7.78. The Morgan fingerprint density at radius 3 is 2.16 bits per heavy atom. The third-order valence-corrected chi connectivity index (χ3v) is 5.66. The van der Waals surface area contributed by atoms with Gasteiger partial charge in [-0.25, -0.2) is 0 Å². The van der Waals surface area contributed by atoms with E-state index in [9.17, 15) is 31.4 Å². The van der Waals surface area contributed by atoms with Crippen LogP contribution in [0.3, 0.4) is 0 Å². The highest BCUT2D eigenvalue weighted by Gasteiger charge is 2.71. The lowest BCUT2D eigenvalue weighted by molar-refractivity contribution is -0.373. The SMILES string of the molecule is C/C=C(\C)OC1(C)CC2CC(C1)C(CC(O)(C(F)(F)F)C(F)(F)F)C2. The van der Waals surface area contributed by atoms with Crippen molar-refractivity contribution >= 4 is 0 Å². The molecule has 1 N–H and O–H groups in total. The molecule has 25 heavy (non-hydrogen) atoms. The first-order valence-electron chi connectivity index (χ1n) is 8.38. The van der Waals surface area contributed by atoms with Crippen LogP contribution >= 0.6 is 0 Å². The van der Waals surface area contributed by atoms with E-state index in [1.807, 2.05) is 6.92 Å². The molecule has 0 amide bonds. The Hall–Kier alpha value is -0.920. The molecule has 4 unspecified atom stereocenters. The summed E-state index contributed by atoms with van der Waals surface area (Å²) in [6, 6.07) is 0. The fourth-order valence-electron chi connectivity index (χ4n) is 4.56. The summed E-state index contributed by atoms with van der Waals surface area (Å²) in [6.45, 7) is 5.41. The maximum Gasteiger partial charge on any atom is 0.426 e. The van der Waals surface area contributed by atoms with Crippen LogP contribution in [0.5, 0.6) is 0 Å². The number of alkyl halides is 6. The van der Waals surface area contributed by atoms with E-state index in [-0.39, 0.29) is 18.3 Å². The number of hydrogen-bond donors (Lipinski definition) is 1. The second-order valence-corrected chi connectivity index (χ2v) is 7.78. The standard InChI is InChI=1S/C17H24F6O2/c1-4-10(2)25-14(3)7-11-5-12(8-14)13(6-11)9-15(24,16(18,19)20)17(21,22)23/h4,11-13,24H,5-9H2,1-3H3/b10-4+. The minimum Gasteiger partial charge on any atom is -0.493 e. The van der Waals surface area contributed by atoms with Crippen molar-refractivity contribution in [3.05, 3.63) is 11.8 Å². The van der Waals surface area contributed by atoms with Gasteiger partial charge in [0.1, 0.15) is 5.60 Å². The quantitative estimate of drug-likeness (QED) is 0.530. The summed E-state index contributed by atoms with van der Waals surface area (Å²) >= 11 is 0. The highest BCUT2D eigenvalue weighted by molar-refractivity contribution is 5.04. The van der Waals surface area contributed by atoms with Crippen LogP contribution in [0.25, 0.3) is 0 Å². The molecule has 2 bridgehead atoms.